The zero-order valence-corrected chi connectivity index (χ0v) is 17.2. The first-order chi connectivity index (χ1) is 14.2. The molecule has 0 fully saturated rings. The molecule has 0 saturated carbocycles. The van der Waals surface area contributed by atoms with Crippen molar-refractivity contribution >= 4 is 11.7 Å². The molecule has 0 aliphatic carbocycles. The van der Waals surface area contributed by atoms with Gasteiger partial charge in [-0.15, -0.1) is 0 Å². The molecule has 0 spiro atoms. The van der Waals surface area contributed by atoms with Gasteiger partial charge in [-0.25, -0.2) is 0 Å². The Balaban J connectivity index is 1.33. The summed E-state index contributed by atoms with van der Waals surface area (Å²) in [5, 5.41) is 4.10. The van der Waals surface area contributed by atoms with E-state index < -0.39 is 0 Å². The Kier molecular flexibility index (Phi) is 7.87. The number of hydrogen-bond acceptors (Lipinski definition) is 6. The van der Waals surface area contributed by atoms with Crippen molar-refractivity contribution in [3.63, 3.8) is 0 Å². The lowest BCUT2D eigenvalue weighted by atomic mass is 9.98. The smallest absolute Gasteiger partial charge is 0.307 e. The second-order valence-corrected chi connectivity index (χ2v) is 7.45. The number of unbranched alkanes of at least 4 members (excludes halogenated alkanes) is 2. The van der Waals surface area contributed by atoms with E-state index in [9.17, 15) is 4.79 Å². The van der Waals surface area contributed by atoms with E-state index in [1.54, 1.807) is 0 Å². The number of fused-ring (bicyclic) bond motifs is 1. The van der Waals surface area contributed by atoms with E-state index >= 15 is 0 Å². The van der Waals surface area contributed by atoms with Crippen molar-refractivity contribution in [1.82, 2.24) is 5.16 Å². The molecule has 1 aromatic carbocycles. The third-order valence-electron chi connectivity index (χ3n) is 5.08. The zero-order valence-electron chi connectivity index (χ0n) is 17.2. The Bertz CT molecular complexity index is 815. The molecule has 2 heterocycles. The quantitative estimate of drug-likeness (QED) is 0.323. The van der Waals surface area contributed by atoms with Crippen LogP contribution in [0.3, 0.4) is 0 Å². The van der Waals surface area contributed by atoms with Gasteiger partial charge in [0.05, 0.1) is 25.8 Å². The number of aromatic nitrogens is 1. The minimum absolute atomic E-state index is 0.242. The highest BCUT2D eigenvalue weighted by Gasteiger charge is 2.17. The SMILES string of the molecule is C=C1Cc2ccccc2N(CCCCCc2cc(COCCC(=O)OC)on2)C1. The Morgan fingerprint density at radius 1 is 1.28 bits per heavy atom. The molecule has 0 amide bonds. The number of hydrogen-bond donors (Lipinski definition) is 0. The van der Waals surface area contributed by atoms with Gasteiger partial charge in [0.1, 0.15) is 6.61 Å². The molecule has 1 aliphatic heterocycles. The van der Waals surface area contributed by atoms with Gasteiger partial charge in [-0.2, -0.15) is 0 Å². The van der Waals surface area contributed by atoms with E-state index in [0.717, 1.165) is 50.9 Å². The number of para-hydroxylation sites is 1. The molecule has 6 nitrogen and oxygen atoms in total. The van der Waals surface area contributed by atoms with Gasteiger partial charge in [0.15, 0.2) is 5.76 Å². The maximum Gasteiger partial charge on any atom is 0.307 e. The summed E-state index contributed by atoms with van der Waals surface area (Å²) in [6.07, 6.45) is 5.49. The average Bonchev–Trinajstić information content (AvgIpc) is 3.18. The normalized spacial score (nSPS) is 13.4. The predicted molar refractivity (Wildman–Crippen MR) is 112 cm³/mol. The molecular formula is C23H30N2O4. The van der Waals surface area contributed by atoms with E-state index in [1.807, 2.05) is 6.07 Å². The van der Waals surface area contributed by atoms with Crippen LogP contribution in [0.2, 0.25) is 0 Å². The van der Waals surface area contributed by atoms with Crippen molar-refractivity contribution < 1.29 is 18.8 Å². The van der Waals surface area contributed by atoms with Crippen LogP contribution in [0.4, 0.5) is 5.69 Å². The van der Waals surface area contributed by atoms with Gasteiger partial charge in [-0.3, -0.25) is 4.79 Å². The first-order valence-corrected chi connectivity index (χ1v) is 10.2. The van der Waals surface area contributed by atoms with E-state index in [1.165, 1.54) is 23.9 Å². The van der Waals surface area contributed by atoms with Gasteiger partial charge >= 0.3 is 5.97 Å². The third kappa shape index (κ3) is 6.46. The number of nitrogens with zero attached hydrogens (tertiary/aromatic N) is 2. The average molecular weight is 399 g/mol. The summed E-state index contributed by atoms with van der Waals surface area (Å²) in [4.78, 5) is 13.5. The second kappa shape index (κ2) is 10.8. The molecule has 0 bridgehead atoms. The van der Waals surface area contributed by atoms with E-state index in [0.29, 0.717) is 19.0 Å². The van der Waals surface area contributed by atoms with Crippen LogP contribution in [0.1, 0.15) is 42.7 Å². The molecular weight excluding hydrogens is 368 g/mol. The van der Waals surface area contributed by atoms with E-state index in [4.69, 9.17) is 9.26 Å². The lowest BCUT2D eigenvalue weighted by Crippen LogP contribution is -2.31. The fraction of sp³-hybridized carbons (Fsp3) is 0.478. The number of ether oxygens (including phenoxy) is 2. The molecule has 0 radical (unpaired) electrons. The fourth-order valence-electron chi connectivity index (χ4n) is 3.61. The number of benzene rings is 1. The number of anilines is 1. The number of aryl methyl sites for hydroxylation is 1. The molecule has 2 aromatic rings. The lowest BCUT2D eigenvalue weighted by molar-refractivity contribution is -0.142. The predicted octanol–water partition coefficient (Wildman–Crippen LogP) is 4.09. The van der Waals surface area contributed by atoms with Gasteiger partial charge in [-0.1, -0.05) is 41.9 Å². The molecule has 6 heteroatoms. The Morgan fingerprint density at radius 2 is 2.14 bits per heavy atom. The number of carbonyl (C=O) groups excluding carboxylic acids is 1. The highest BCUT2D eigenvalue weighted by Crippen LogP contribution is 2.28. The first kappa shape index (κ1) is 21.1. The summed E-state index contributed by atoms with van der Waals surface area (Å²) < 4.78 is 15.3. The van der Waals surface area contributed by atoms with Crippen molar-refractivity contribution in [2.24, 2.45) is 0 Å². The van der Waals surface area contributed by atoms with Gasteiger partial charge in [0.2, 0.25) is 0 Å². The van der Waals surface area contributed by atoms with Crippen molar-refractivity contribution in [3.05, 3.63) is 59.5 Å². The first-order valence-electron chi connectivity index (χ1n) is 10.2. The molecule has 29 heavy (non-hydrogen) atoms. The second-order valence-electron chi connectivity index (χ2n) is 7.45. The molecule has 0 saturated heterocycles. The monoisotopic (exact) mass is 398 g/mol. The highest BCUT2D eigenvalue weighted by atomic mass is 16.5. The standard InChI is InChI=1S/C23H30N2O4/c1-18-14-19-8-5-6-10-22(19)25(16-18)12-7-3-4-9-20-15-21(29-24-20)17-28-13-11-23(26)27-2/h5-6,8,10,15H,1,3-4,7,9,11-14,16-17H2,2H3. The number of esters is 1. The van der Waals surface area contributed by atoms with Crippen molar-refractivity contribution in [2.75, 3.05) is 31.7 Å². The van der Waals surface area contributed by atoms with Crippen LogP contribution in [0.15, 0.2) is 47.0 Å². The van der Waals surface area contributed by atoms with Crippen LogP contribution in [0.5, 0.6) is 0 Å². The summed E-state index contributed by atoms with van der Waals surface area (Å²) in [7, 11) is 1.37. The van der Waals surface area contributed by atoms with Crippen molar-refractivity contribution in [1.29, 1.82) is 0 Å². The van der Waals surface area contributed by atoms with Gasteiger partial charge in [0.25, 0.3) is 0 Å². The lowest BCUT2D eigenvalue weighted by Gasteiger charge is -2.32. The summed E-state index contributed by atoms with van der Waals surface area (Å²) >= 11 is 0. The summed E-state index contributed by atoms with van der Waals surface area (Å²) in [6.45, 7) is 6.84. The van der Waals surface area contributed by atoms with Crippen LogP contribution >= 0.6 is 0 Å². The summed E-state index contributed by atoms with van der Waals surface area (Å²) in [6, 6.07) is 10.6. The van der Waals surface area contributed by atoms with Crippen LogP contribution in [-0.4, -0.2) is 37.9 Å². The molecule has 3 rings (SSSR count). The maximum absolute atomic E-state index is 11.0. The summed E-state index contributed by atoms with van der Waals surface area (Å²) in [5.41, 5.74) is 4.97. The van der Waals surface area contributed by atoms with Crippen LogP contribution in [0, 0.1) is 0 Å². The fourth-order valence-corrected chi connectivity index (χ4v) is 3.61. The van der Waals surface area contributed by atoms with E-state index in [-0.39, 0.29) is 12.4 Å². The molecule has 0 atom stereocenters. The molecule has 0 N–H and O–H groups in total. The van der Waals surface area contributed by atoms with Crippen LogP contribution < -0.4 is 4.90 Å². The molecule has 1 aliphatic rings. The minimum Gasteiger partial charge on any atom is -0.469 e. The summed E-state index contributed by atoms with van der Waals surface area (Å²) in [5.74, 6) is 0.411. The molecule has 156 valence electrons. The van der Waals surface area contributed by atoms with Crippen LogP contribution in [-0.2, 0) is 33.7 Å². The van der Waals surface area contributed by atoms with Gasteiger partial charge < -0.3 is 18.9 Å². The number of methoxy groups -OCH3 is 1. The van der Waals surface area contributed by atoms with Gasteiger partial charge in [-0.05, 0) is 37.3 Å². The van der Waals surface area contributed by atoms with E-state index in [2.05, 4.69) is 45.6 Å². The topological polar surface area (TPSA) is 64.8 Å². The van der Waals surface area contributed by atoms with Crippen molar-refractivity contribution in [3.8, 4) is 0 Å². The molecule has 1 aromatic heterocycles. The van der Waals surface area contributed by atoms with Crippen molar-refractivity contribution in [2.45, 2.75) is 45.1 Å². The largest absolute Gasteiger partial charge is 0.469 e. The highest BCUT2D eigenvalue weighted by molar-refractivity contribution is 5.69. The number of carbonyl (C=O) groups is 1. The molecule has 0 unspecified atom stereocenters. The minimum atomic E-state index is -0.277. The Morgan fingerprint density at radius 3 is 3.00 bits per heavy atom. The Labute approximate surface area is 172 Å². The van der Waals surface area contributed by atoms with Gasteiger partial charge in [0, 0.05) is 24.8 Å². The zero-order chi connectivity index (χ0) is 20.5. The van der Waals surface area contributed by atoms with Crippen LogP contribution in [0.25, 0.3) is 0 Å². The maximum atomic E-state index is 11.0. The number of rotatable bonds is 11. The Hall–Kier alpha value is -2.60. The third-order valence-corrected chi connectivity index (χ3v) is 5.08.